The summed E-state index contributed by atoms with van der Waals surface area (Å²) in [5.74, 6) is 0.639. The first-order chi connectivity index (χ1) is 3.55. The molecule has 0 heterocycles. The zero-order valence-corrected chi connectivity index (χ0v) is 7.09. The van der Waals surface area contributed by atoms with Crippen LogP contribution in [0, 0.1) is 5.92 Å². The smallest absolute Gasteiger partial charge is 0.0177 e. The Bertz CT molecular complexity index is 84.4. The van der Waals surface area contributed by atoms with Gasteiger partial charge in [0.15, 0.2) is 0 Å². The molecule has 0 aromatic heterocycles. The summed E-state index contributed by atoms with van der Waals surface area (Å²) in [6.45, 7) is 10.3. The average Bonchev–Trinajstić information content (AvgIpc) is 1.64. The van der Waals surface area contributed by atoms with Crippen LogP contribution in [-0.2, 0) is 0 Å². The second-order valence-electron chi connectivity index (χ2n) is 2.49. The van der Waals surface area contributed by atoms with Gasteiger partial charge in [0.1, 0.15) is 0 Å². The van der Waals surface area contributed by atoms with Crippen molar-refractivity contribution >= 4 is 9.24 Å². The maximum Gasteiger partial charge on any atom is -0.0177 e. The van der Waals surface area contributed by atoms with Gasteiger partial charge in [-0.3, -0.25) is 0 Å². The number of allylic oxidation sites excluding steroid dienone is 1. The monoisotopic (exact) mass is 130 g/mol. The molecule has 0 saturated carbocycles. The predicted octanol–water partition coefficient (Wildman–Crippen LogP) is 2.46. The van der Waals surface area contributed by atoms with Crippen LogP contribution in [0.25, 0.3) is 0 Å². The van der Waals surface area contributed by atoms with Gasteiger partial charge in [-0.05, 0) is 18.5 Å². The molecular weight excluding hydrogens is 115 g/mol. The van der Waals surface area contributed by atoms with Crippen LogP contribution in [0.4, 0.5) is 0 Å². The minimum atomic E-state index is 0.639. The number of rotatable bonds is 2. The van der Waals surface area contributed by atoms with Gasteiger partial charge in [0.05, 0.1) is 0 Å². The molecule has 3 atom stereocenters. The summed E-state index contributed by atoms with van der Waals surface area (Å²) in [4.78, 5) is 0. The molecule has 3 unspecified atom stereocenters. The maximum atomic E-state index is 3.86. The number of hydrogen-bond donors (Lipinski definition) is 0. The summed E-state index contributed by atoms with van der Waals surface area (Å²) < 4.78 is 0. The molecule has 0 spiro atoms. The lowest BCUT2D eigenvalue weighted by Crippen LogP contribution is -2.06. The van der Waals surface area contributed by atoms with E-state index in [1.807, 2.05) is 0 Å². The van der Waals surface area contributed by atoms with Gasteiger partial charge >= 0.3 is 0 Å². The van der Waals surface area contributed by atoms with E-state index in [1.54, 1.807) is 0 Å². The van der Waals surface area contributed by atoms with Crippen LogP contribution in [0.5, 0.6) is 0 Å². The highest BCUT2D eigenvalue weighted by Crippen LogP contribution is 2.17. The van der Waals surface area contributed by atoms with E-state index in [1.165, 1.54) is 5.57 Å². The van der Waals surface area contributed by atoms with E-state index in [0.717, 1.165) is 0 Å². The standard InChI is InChI=1S/C7H15P/c1-5(2)6(3)7(4)8/h6-7H,1,8H2,2-4H3. The molecule has 0 amide bonds. The molecular formula is C7H15P. The quantitative estimate of drug-likeness (QED) is 0.398. The third kappa shape index (κ3) is 2.47. The molecule has 0 aromatic rings. The summed E-state index contributed by atoms with van der Waals surface area (Å²) >= 11 is 0. The van der Waals surface area contributed by atoms with Crippen LogP contribution < -0.4 is 0 Å². The average molecular weight is 130 g/mol. The van der Waals surface area contributed by atoms with Crippen LogP contribution in [-0.4, -0.2) is 5.66 Å². The summed E-state index contributed by atoms with van der Waals surface area (Å²) in [5, 5.41) is 0. The van der Waals surface area contributed by atoms with Crippen molar-refractivity contribution in [1.82, 2.24) is 0 Å². The molecule has 0 radical (unpaired) electrons. The van der Waals surface area contributed by atoms with Gasteiger partial charge in [-0.25, -0.2) is 0 Å². The second kappa shape index (κ2) is 3.25. The van der Waals surface area contributed by atoms with E-state index in [9.17, 15) is 0 Å². The van der Waals surface area contributed by atoms with Crippen molar-refractivity contribution in [3.05, 3.63) is 12.2 Å². The van der Waals surface area contributed by atoms with Crippen LogP contribution in [0.1, 0.15) is 20.8 Å². The van der Waals surface area contributed by atoms with Crippen molar-refractivity contribution in [1.29, 1.82) is 0 Å². The van der Waals surface area contributed by atoms with Gasteiger partial charge in [0.25, 0.3) is 0 Å². The summed E-state index contributed by atoms with van der Waals surface area (Å²) in [6, 6.07) is 0. The van der Waals surface area contributed by atoms with Gasteiger partial charge in [-0.1, -0.05) is 26.0 Å². The first kappa shape index (κ1) is 8.17. The SMILES string of the molecule is C=C(C)C(C)C(C)P. The van der Waals surface area contributed by atoms with Crippen molar-refractivity contribution < 1.29 is 0 Å². The largest absolute Gasteiger partial charge is 0.134 e. The highest BCUT2D eigenvalue weighted by atomic mass is 31.0. The molecule has 0 aliphatic rings. The normalized spacial score (nSPS) is 17.5. The highest BCUT2D eigenvalue weighted by Gasteiger charge is 2.05. The fraction of sp³-hybridized carbons (Fsp3) is 0.714. The Morgan fingerprint density at radius 2 is 1.88 bits per heavy atom. The van der Waals surface area contributed by atoms with E-state index < -0.39 is 0 Å². The zero-order chi connectivity index (χ0) is 6.73. The topological polar surface area (TPSA) is 0 Å². The summed E-state index contributed by atoms with van der Waals surface area (Å²) in [6.07, 6.45) is 0. The Labute approximate surface area is 54.6 Å². The van der Waals surface area contributed by atoms with Crippen molar-refractivity contribution in [3.8, 4) is 0 Å². The minimum absolute atomic E-state index is 0.639. The molecule has 0 aromatic carbocycles. The van der Waals surface area contributed by atoms with Gasteiger partial charge in [0, 0.05) is 0 Å². The van der Waals surface area contributed by atoms with E-state index in [-0.39, 0.29) is 0 Å². The Hall–Kier alpha value is 0.170. The molecule has 48 valence electrons. The van der Waals surface area contributed by atoms with E-state index in [2.05, 4.69) is 36.6 Å². The lowest BCUT2D eigenvalue weighted by Gasteiger charge is -2.13. The van der Waals surface area contributed by atoms with Crippen molar-refractivity contribution in [3.63, 3.8) is 0 Å². The van der Waals surface area contributed by atoms with E-state index >= 15 is 0 Å². The Morgan fingerprint density at radius 3 is 1.88 bits per heavy atom. The Morgan fingerprint density at radius 1 is 1.50 bits per heavy atom. The molecule has 0 fully saturated rings. The number of hydrogen-bond acceptors (Lipinski definition) is 0. The van der Waals surface area contributed by atoms with Crippen LogP contribution in [0.2, 0.25) is 0 Å². The van der Waals surface area contributed by atoms with Crippen LogP contribution >= 0.6 is 9.24 Å². The first-order valence-corrected chi connectivity index (χ1v) is 3.63. The van der Waals surface area contributed by atoms with Gasteiger partial charge in [0.2, 0.25) is 0 Å². The summed E-state index contributed by atoms with van der Waals surface area (Å²) in [7, 11) is 2.78. The molecule has 0 saturated heterocycles. The Balaban J connectivity index is 3.64. The molecule has 0 aliphatic heterocycles. The lowest BCUT2D eigenvalue weighted by molar-refractivity contribution is 0.675. The molecule has 0 rings (SSSR count). The maximum absolute atomic E-state index is 3.86. The van der Waals surface area contributed by atoms with Crippen LogP contribution in [0.15, 0.2) is 12.2 Å². The molecule has 0 bridgehead atoms. The first-order valence-electron chi connectivity index (χ1n) is 2.96. The van der Waals surface area contributed by atoms with Gasteiger partial charge in [-0.2, -0.15) is 0 Å². The second-order valence-corrected chi connectivity index (χ2v) is 3.55. The third-order valence-electron chi connectivity index (χ3n) is 1.57. The van der Waals surface area contributed by atoms with E-state index in [4.69, 9.17) is 0 Å². The highest BCUT2D eigenvalue weighted by molar-refractivity contribution is 7.17. The molecule has 0 nitrogen and oxygen atoms in total. The van der Waals surface area contributed by atoms with Crippen molar-refractivity contribution in [2.45, 2.75) is 26.4 Å². The van der Waals surface area contributed by atoms with E-state index in [0.29, 0.717) is 11.6 Å². The molecule has 1 heteroatoms. The minimum Gasteiger partial charge on any atom is -0.134 e. The van der Waals surface area contributed by atoms with Crippen molar-refractivity contribution in [2.24, 2.45) is 5.92 Å². The fourth-order valence-electron chi connectivity index (χ4n) is 0.449. The zero-order valence-electron chi connectivity index (χ0n) is 5.94. The lowest BCUT2D eigenvalue weighted by atomic mass is 10.0. The fourth-order valence-corrected chi connectivity index (χ4v) is 0.777. The van der Waals surface area contributed by atoms with Crippen molar-refractivity contribution in [2.75, 3.05) is 0 Å². The molecule has 0 aliphatic carbocycles. The third-order valence-corrected chi connectivity index (χ3v) is 2.14. The molecule has 0 N–H and O–H groups in total. The Kier molecular flexibility index (Phi) is 3.31. The summed E-state index contributed by atoms with van der Waals surface area (Å²) in [5.41, 5.74) is 1.93. The molecule has 8 heavy (non-hydrogen) atoms. The predicted molar refractivity (Wildman–Crippen MR) is 43.2 cm³/mol. The van der Waals surface area contributed by atoms with Crippen LogP contribution in [0.3, 0.4) is 0 Å². The van der Waals surface area contributed by atoms with Gasteiger partial charge < -0.3 is 0 Å². The van der Waals surface area contributed by atoms with Gasteiger partial charge in [-0.15, -0.1) is 9.24 Å².